The average Bonchev–Trinajstić information content (AvgIpc) is 2.36. The van der Waals surface area contributed by atoms with Gasteiger partial charge < -0.3 is 15.2 Å². The van der Waals surface area contributed by atoms with E-state index in [1.807, 2.05) is 0 Å². The normalized spacial score (nSPS) is 9.85. The molecule has 0 radical (unpaired) electrons. The third kappa shape index (κ3) is 4.92. The minimum Gasteiger partial charge on any atom is -0.484 e. The van der Waals surface area contributed by atoms with Crippen LogP contribution < -0.4 is 10.1 Å². The molecule has 108 valence electrons. The van der Waals surface area contributed by atoms with E-state index in [1.54, 1.807) is 6.92 Å². The predicted octanol–water partition coefficient (Wildman–Crippen LogP) is 0.873. The second kappa shape index (κ2) is 7.07. The number of carbonyl (C=O) groups is 2. The highest BCUT2D eigenvalue weighted by Crippen LogP contribution is 2.22. The van der Waals surface area contributed by atoms with E-state index in [9.17, 15) is 19.7 Å². The van der Waals surface area contributed by atoms with Crippen LogP contribution in [0, 0.1) is 17.0 Å². The van der Waals surface area contributed by atoms with Crippen molar-refractivity contribution in [3.8, 4) is 5.75 Å². The first-order valence-corrected chi connectivity index (χ1v) is 5.76. The van der Waals surface area contributed by atoms with Gasteiger partial charge in [-0.05, 0) is 18.6 Å². The molecular weight excluding hydrogens is 268 g/mol. The number of hydrogen-bond acceptors (Lipinski definition) is 5. The lowest BCUT2D eigenvalue weighted by atomic mass is 10.2. The molecule has 0 aliphatic carbocycles. The number of nitro benzene ring substituents is 1. The fraction of sp³-hybridized carbons (Fsp3) is 0.333. The minimum absolute atomic E-state index is 0.0246. The highest BCUT2D eigenvalue weighted by molar-refractivity contribution is 5.78. The molecule has 20 heavy (non-hydrogen) atoms. The van der Waals surface area contributed by atoms with E-state index in [-0.39, 0.29) is 25.3 Å². The number of amides is 1. The Balaban J connectivity index is 2.47. The summed E-state index contributed by atoms with van der Waals surface area (Å²) in [6, 6.07) is 4.04. The Morgan fingerprint density at radius 1 is 1.45 bits per heavy atom. The number of hydrogen-bond donors (Lipinski definition) is 2. The Labute approximate surface area is 114 Å². The van der Waals surface area contributed by atoms with Gasteiger partial charge >= 0.3 is 5.97 Å². The fourth-order valence-corrected chi connectivity index (χ4v) is 1.41. The second-order valence-electron chi connectivity index (χ2n) is 3.99. The quantitative estimate of drug-likeness (QED) is 0.565. The summed E-state index contributed by atoms with van der Waals surface area (Å²) >= 11 is 0. The Morgan fingerprint density at radius 3 is 2.70 bits per heavy atom. The molecule has 1 amide bonds. The monoisotopic (exact) mass is 282 g/mol. The Hall–Kier alpha value is -2.64. The van der Waals surface area contributed by atoms with Crippen molar-refractivity contribution in [2.45, 2.75) is 13.3 Å². The van der Waals surface area contributed by atoms with Crippen molar-refractivity contribution >= 4 is 17.6 Å². The van der Waals surface area contributed by atoms with Gasteiger partial charge in [-0.3, -0.25) is 19.7 Å². The van der Waals surface area contributed by atoms with Gasteiger partial charge in [-0.15, -0.1) is 0 Å². The van der Waals surface area contributed by atoms with Crippen LogP contribution in [-0.2, 0) is 9.59 Å². The maximum Gasteiger partial charge on any atom is 0.305 e. The SMILES string of the molecule is Cc1cc([N+](=O)[O-])ccc1OCC(=O)NCCC(=O)O. The summed E-state index contributed by atoms with van der Waals surface area (Å²) < 4.78 is 5.21. The van der Waals surface area contributed by atoms with Gasteiger partial charge in [0.2, 0.25) is 0 Å². The van der Waals surface area contributed by atoms with Crippen LogP contribution in [0.3, 0.4) is 0 Å². The maximum atomic E-state index is 11.3. The lowest BCUT2D eigenvalue weighted by molar-refractivity contribution is -0.384. The van der Waals surface area contributed by atoms with Crippen LogP contribution in [0.15, 0.2) is 18.2 Å². The van der Waals surface area contributed by atoms with Crippen LogP contribution in [0.1, 0.15) is 12.0 Å². The molecule has 0 heterocycles. The molecule has 0 aliphatic rings. The smallest absolute Gasteiger partial charge is 0.305 e. The van der Waals surface area contributed by atoms with Crippen LogP contribution in [0.5, 0.6) is 5.75 Å². The zero-order valence-electron chi connectivity index (χ0n) is 10.8. The van der Waals surface area contributed by atoms with Gasteiger partial charge in [-0.25, -0.2) is 0 Å². The highest BCUT2D eigenvalue weighted by atomic mass is 16.6. The molecule has 0 atom stereocenters. The van der Waals surface area contributed by atoms with Crippen molar-refractivity contribution in [3.05, 3.63) is 33.9 Å². The van der Waals surface area contributed by atoms with Gasteiger partial charge in [0, 0.05) is 18.7 Å². The summed E-state index contributed by atoms with van der Waals surface area (Å²) in [7, 11) is 0. The number of carboxylic acid groups (broad SMARTS) is 1. The van der Waals surface area contributed by atoms with Crippen LogP contribution in [0.4, 0.5) is 5.69 Å². The Morgan fingerprint density at radius 2 is 2.15 bits per heavy atom. The van der Waals surface area contributed by atoms with Crippen LogP contribution in [0.2, 0.25) is 0 Å². The molecule has 8 heteroatoms. The van der Waals surface area contributed by atoms with Gasteiger partial charge in [-0.1, -0.05) is 0 Å². The molecule has 0 fully saturated rings. The summed E-state index contributed by atoms with van der Waals surface area (Å²) in [4.78, 5) is 31.6. The third-order valence-electron chi connectivity index (χ3n) is 2.39. The van der Waals surface area contributed by atoms with Crippen molar-refractivity contribution in [1.29, 1.82) is 0 Å². The number of rotatable bonds is 7. The number of nitrogens with one attached hydrogen (secondary N) is 1. The molecule has 0 saturated heterocycles. The standard InChI is InChI=1S/C12H14N2O6/c1-8-6-9(14(18)19)2-3-10(8)20-7-11(15)13-5-4-12(16)17/h2-3,6H,4-5,7H2,1H3,(H,13,15)(H,16,17). The summed E-state index contributed by atoms with van der Waals surface area (Å²) in [6.07, 6.45) is -0.164. The first-order valence-electron chi connectivity index (χ1n) is 5.76. The largest absolute Gasteiger partial charge is 0.484 e. The molecule has 2 N–H and O–H groups in total. The van der Waals surface area contributed by atoms with Gasteiger partial charge in [-0.2, -0.15) is 0 Å². The third-order valence-corrected chi connectivity index (χ3v) is 2.39. The van der Waals surface area contributed by atoms with Crippen molar-refractivity contribution in [1.82, 2.24) is 5.32 Å². The van der Waals surface area contributed by atoms with Gasteiger partial charge in [0.05, 0.1) is 11.3 Å². The average molecular weight is 282 g/mol. The summed E-state index contributed by atoms with van der Waals surface area (Å²) in [5.41, 5.74) is 0.485. The van der Waals surface area contributed by atoms with E-state index in [0.717, 1.165) is 0 Å². The molecule has 0 unspecified atom stereocenters. The highest BCUT2D eigenvalue weighted by Gasteiger charge is 2.10. The fourth-order valence-electron chi connectivity index (χ4n) is 1.41. The van der Waals surface area contributed by atoms with E-state index in [2.05, 4.69) is 5.32 Å². The Bertz CT molecular complexity index is 529. The predicted molar refractivity (Wildman–Crippen MR) is 68.6 cm³/mol. The van der Waals surface area contributed by atoms with E-state index in [0.29, 0.717) is 11.3 Å². The number of aliphatic carboxylic acids is 1. The molecule has 1 aromatic carbocycles. The van der Waals surface area contributed by atoms with Crippen LogP contribution in [-0.4, -0.2) is 35.1 Å². The molecule has 0 spiro atoms. The molecular formula is C12H14N2O6. The number of ether oxygens (including phenoxy) is 1. The van der Waals surface area contributed by atoms with Gasteiger partial charge in [0.1, 0.15) is 5.75 Å². The lowest BCUT2D eigenvalue weighted by Gasteiger charge is -2.08. The lowest BCUT2D eigenvalue weighted by Crippen LogP contribution is -2.30. The summed E-state index contributed by atoms with van der Waals surface area (Å²) in [5, 5.41) is 21.3. The van der Waals surface area contributed by atoms with Crippen LogP contribution in [0.25, 0.3) is 0 Å². The molecule has 0 aliphatic heterocycles. The zero-order chi connectivity index (χ0) is 15.1. The first-order chi connectivity index (χ1) is 9.40. The van der Waals surface area contributed by atoms with Gasteiger partial charge in [0.25, 0.3) is 11.6 Å². The topological polar surface area (TPSA) is 119 Å². The summed E-state index contributed by atoms with van der Waals surface area (Å²) in [6.45, 7) is 1.37. The minimum atomic E-state index is -1.00. The van der Waals surface area contributed by atoms with Crippen molar-refractivity contribution in [2.75, 3.05) is 13.2 Å². The summed E-state index contributed by atoms with van der Waals surface area (Å²) in [5.74, 6) is -1.09. The molecule has 0 saturated carbocycles. The van der Waals surface area contributed by atoms with E-state index in [1.165, 1.54) is 18.2 Å². The van der Waals surface area contributed by atoms with Crippen molar-refractivity contribution < 1.29 is 24.4 Å². The zero-order valence-corrected chi connectivity index (χ0v) is 10.8. The van der Waals surface area contributed by atoms with Crippen molar-refractivity contribution in [2.24, 2.45) is 0 Å². The maximum absolute atomic E-state index is 11.3. The van der Waals surface area contributed by atoms with E-state index in [4.69, 9.17) is 9.84 Å². The number of carboxylic acids is 1. The molecule has 1 rings (SSSR count). The number of nitrogens with zero attached hydrogens (tertiary/aromatic N) is 1. The number of nitro groups is 1. The van der Waals surface area contributed by atoms with Crippen LogP contribution >= 0.6 is 0 Å². The van der Waals surface area contributed by atoms with Crippen molar-refractivity contribution in [3.63, 3.8) is 0 Å². The molecule has 0 bridgehead atoms. The second-order valence-corrected chi connectivity index (χ2v) is 3.99. The number of aryl methyl sites for hydroxylation is 1. The van der Waals surface area contributed by atoms with E-state index < -0.39 is 16.8 Å². The van der Waals surface area contributed by atoms with E-state index >= 15 is 0 Å². The number of benzene rings is 1. The number of carbonyl (C=O) groups excluding carboxylic acids is 1. The molecule has 8 nitrogen and oxygen atoms in total. The number of non-ortho nitro benzene ring substituents is 1. The van der Waals surface area contributed by atoms with Gasteiger partial charge in [0.15, 0.2) is 6.61 Å². The Kier molecular flexibility index (Phi) is 5.45. The first kappa shape index (κ1) is 15.4. The molecule has 0 aromatic heterocycles. The molecule has 1 aromatic rings.